The number of benzene rings is 1. The number of fused-ring (bicyclic) bond motifs is 1. The van der Waals surface area contributed by atoms with Crippen LogP contribution in [0.4, 0.5) is 0 Å². The molecule has 72 valence electrons. The van der Waals surface area contributed by atoms with Crippen LogP contribution in [0.25, 0.3) is 10.9 Å². The highest BCUT2D eigenvalue weighted by molar-refractivity contribution is 5.84. The van der Waals surface area contributed by atoms with Crippen LogP contribution in [0, 0.1) is 6.92 Å². The van der Waals surface area contributed by atoms with Crippen molar-refractivity contribution >= 4 is 10.9 Å². The average molecular weight is 190 g/mol. The fourth-order valence-electron chi connectivity index (χ4n) is 1.60. The molecule has 14 heavy (non-hydrogen) atoms. The maximum absolute atomic E-state index is 9.70. The summed E-state index contributed by atoms with van der Waals surface area (Å²) in [5.41, 5.74) is 1.56. The molecule has 0 aliphatic rings. The van der Waals surface area contributed by atoms with Gasteiger partial charge in [0.2, 0.25) is 17.0 Å². The van der Waals surface area contributed by atoms with Crippen molar-refractivity contribution in [3.8, 4) is 11.5 Å². The van der Waals surface area contributed by atoms with Gasteiger partial charge in [-0.3, -0.25) is 0 Å². The molecule has 0 saturated heterocycles. The number of rotatable bonds is 0. The summed E-state index contributed by atoms with van der Waals surface area (Å²) in [5.74, 6) is -0.0950. The highest BCUT2D eigenvalue weighted by Crippen LogP contribution is 2.32. The van der Waals surface area contributed by atoms with Gasteiger partial charge in [0.25, 0.3) is 0 Å². The quantitative estimate of drug-likeness (QED) is 0.616. The van der Waals surface area contributed by atoms with E-state index in [9.17, 15) is 10.2 Å². The Balaban J connectivity index is 3.02. The lowest BCUT2D eigenvalue weighted by atomic mass is 10.1. The molecule has 0 amide bonds. The number of para-hydroxylation sites is 1. The highest BCUT2D eigenvalue weighted by atomic mass is 16.3. The van der Waals surface area contributed by atoms with Crippen molar-refractivity contribution in [2.45, 2.75) is 6.92 Å². The molecule has 1 aromatic carbocycles. The first-order valence-corrected chi connectivity index (χ1v) is 4.42. The van der Waals surface area contributed by atoms with Gasteiger partial charge in [0.1, 0.15) is 7.05 Å². The molecule has 0 bridgehead atoms. The van der Waals surface area contributed by atoms with E-state index < -0.39 is 0 Å². The second-order valence-electron chi connectivity index (χ2n) is 3.36. The van der Waals surface area contributed by atoms with Gasteiger partial charge >= 0.3 is 0 Å². The first-order chi connectivity index (χ1) is 6.63. The van der Waals surface area contributed by atoms with Crippen molar-refractivity contribution in [3.63, 3.8) is 0 Å². The van der Waals surface area contributed by atoms with Gasteiger partial charge in [0, 0.05) is 13.0 Å². The van der Waals surface area contributed by atoms with Crippen LogP contribution in [0.5, 0.6) is 11.5 Å². The van der Waals surface area contributed by atoms with Crippen LogP contribution in [-0.2, 0) is 7.05 Å². The summed E-state index contributed by atoms with van der Waals surface area (Å²) in [6, 6.07) is 7.42. The summed E-state index contributed by atoms with van der Waals surface area (Å²) < 4.78 is 1.85. The van der Waals surface area contributed by atoms with Gasteiger partial charge in [-0.1, -0.05) is 12.1 Å². The molecule has 2 rings (SSSR count). The summed E-state index contributed by atoms with van der Waals surface area (Å²) in [4.78, 5) is 0. The van der Waals surface area contributed by atoms with Gasteiger partial charge in [-0.15, -0.1) is 0 Å². The molecule has 3 nitrogen and oxygen atoms in total. The summed E-state index contributed by atoms with van der Waals surface area (Å²) >= 11 is 0. The zero-order valence-corrected chi connectivity index (χ0v) is 8.15. The molecule has 0 atom stereocenters. The Morgan fingerprint density at radius 1 is 1.07 bits per heavy atom. The lowest BCUT2D eigenvalue weighted by molar-refractivity contribution is -0.651. The zero-order valence-electron chi connectivity index (χ0n) is 8.15. The van der Waals surface area contributed by atoms with Crippen LogP contribution >= 0.6 is 0 Å². The molecule has 1 heterocycles. The Hall–Kier alpha value is -1.77. The van der Waals surface area contributed by atoms with Crippen LogP contribution < -0.4 is 4.57 Å². The second kappa shape index (κ2) is 2.87. The van der Waals surface area contributed by atoms with E-state index in [0.29, 0.717) is 11.1 Å². The molecular weight excluding hydrogens is 178 g/mol. The highest BCUT2D eigenvalue weighted by Gasteiger charge is 2.18. The third-order valence-corrected chi connectivity index (χ3v) is 2.59. The number of aromatic hydroxyl groups is 2. The number of aromatic nitrogens is 1. The van der Waals surface area contributed by atoms with E-state index in [2.05, 4.69) is 0 Å². The van der Waals surface area contributed by atoms with Crippen LogP contribution in [0.2, 0.25) is 0 Å². The van der Waals surface area contributed by atoms with Crippen molar-refractivity contribution < 1.29 is 14.8 Å². The number of hydrogen-bond acceptors (Lipinski definition) is 2. The average Bonchev–Trinajstić information content (AvgIpc) is 2.23. The molecule has 0 aliphatic heterocycles. The Morgan fingerprint density at radius 2 is 1.71 bits per heavy atom. The summed E-state index contributed by atoms with van der Waals surface area (Å²) in [7, 11) is 1.86. The van der Waals surface area contributed by atoms with Crippen LogP contribution in [0.15, 0.2) is 24.3 Å². The second-order valence-corrected chi connectivity index (χ2v) is 3.36. The van der Waals surface area contributed by atoms with E-state index in [4.69, 9.17) is 0 Å². The third kappa shape index (κ3) is 1.02. The van der Waals surface area contributed by atoms with Crippen molar-refractivity contribution in [2.75, 3.05) is 0 Å². The zero-order chi connectivity index (χ0) is 10.3. The molecule has 0 fully saturated rings. The molecule has 1 aromatic heterocycles. The maximum atomic E-state index is 9.70. The number of pyridine rings is 1. The predicted octanol–water partition coefficient (Wildman–Crippen LogP) is 1.38. The molecule has 0 aliphatic carbocycles. The van der Waals surface area contributed by atoms with Crippen molar-refractivity contribution in [2.24, 2.45) is 7.05 Å². The molecule has 0 spiro atoms. The van der Waals surface area contributed by atoms with E-state index in [0.717, 1.165) is 5.52 Å². The lowest BCUT2D eigenvalue weighted by Crippen LogP contribution is -2.32. The largest absolute Gasteiger partial charge is 0.504 e. The van der Waals surface area contributed by atoms with E-state index in [1.807, 2.05) is 29.8 Å². The fourth-order valence-corrected chi connectivity index (χ4v) is 1.60. The lowest BCUT2D eigenvalue weighted by Gasteiger charge is -2.04. The monoisotopic (exact) mass is 190 g/mol. The van der Waals surface area contributed by atoms with E-state index in [-0.39, 0.29) is 11.5 Å². The van der Waals surface area contributed by atoms with Crippen LogP contribution in [0.1, 0.15) is 5.69 Å². The Labute approximate surface area is 81.9 Å². The van der Waals surface area contributed by atoms with Gasteiger partial charge in [-0.25, -0.2) is 0 Å². The SMILES string of the molecule is Cc1c(O)c(O)c2ccccc2[n+]1C. The van der Waals surface area contributed by atoms with Crippen molar-refractivity contribution in [3.05, 3.63) is 30.0 Å². The number of nitrogens with zero attached hydrogens (tertiary/aromatic N) is 1. The van der Waals surface area contributed by atoms with E-state index >= 15 is 0 Å². The standard InChI is InChI=1S/C11H11NO2/c1-7-10(13)11(14)8-5-3-4-6-9(8)12(7)2/h3-6,13H,1-2H3/p+1. The summed E-state index contributed by atoms with van der Waals surface area (Å²) in [6.45, 7) is 1.77. The molecule has 0 saturated carbocycles. The molecule has 2 N–H and O–H groups in total. The van der Waals surface area contributed by atoms with Gasteiger partial charge in [0.15, 0.2) is 5.75 Å². The van der Waals surface area contributed by atoms with E-state index in [1.54, 1.807) is 13.0 Å². The first-order valence-electron chi connectivity index (χ1n) is 4.42. The molecule has 3 heteroatoms. The Morgan fingerprint density at radius 3 is 2.43 bits per heavy atom. The molecule has 0 radical (unpaired) electrons. The summed E-state index contributed by atoms with van der Waals surface area (Å²) in [6.07, 6.45) is 0. The van der Waals surface area contributed by atoms with Crippen molar-refractivity contribution in [1.82, 2.24) is 0 Å². The van der Waals surface area contributed by atoms with Gasteiger partial charge in [-0.05, 0) is 6.07 Å². The van der Waals surface area contributed by atoms with Gasteiger partial charge in [-0.2, -0.15) is 4.57 Å². The minimum atomic E-state index is -0.0498. The van der Waals surface area contributed by atoms with Gasteiger partial charge < -0.3 is 10.2 Å². The van der Waals surface area contributed by atoms with Crippen molar-refractivity contribution in [1.29, 1.82) is 0 Å². The Bertz CT molecular complexity index is 460. The van der Waals surface area contributed by atoms with Gasteiger partial charge in [0.05, 0.1) is 5.39 Å². The van der Waals surface area contributed by atoms with Crippen LogP contribution in [0.3, 0.4) is 0 Å². The fraction of sp³-hybridized carbons (Fsp3) is 0.182. The number of aryl methyl sites for hydroxylation is 1. The molecular formula is C11H12NO2+. The van der Waals surface area contributed by atoms with Crippen LogP contribution in [-0.4, -0.2) is 10.2 Å². The number of hydrogen-bond donors (Lipinski definition) is 2. The summed E-state index contributed by atoms with van der Waals surface area (Å²) in [5, 5.41) is 20.0. The van der Waals surface area contributed by atoms with E-state index in [1.165, 1.54) is 0 Å². The maximum Gasteiger partial charge on any atom is 0.226 e. The molecule has 2 aromatic rings. The first kappa shape index (κ1) is 8.81. The molecule has 0 unspecified atom stereocenters. The smallest absolute Gasteiger partial charge is 0.226 e. The third-order valence-electron chi connectivity index (χ3n) is 2.59. The minimum Gasteiger partial charge on any atom is -0.504 e. The minimum absolute atomic E-state index is 0.0452. The normalized spacial score (nSPS) is 10.7. The topological polar surface area (TPSA) is 44.3 Å². The predicted molar refractivity (Wildman–Crippen MR) is 53.2 cm³/mol. The Kier molecular flexibility index (Phi) is 1.81.